The van der Waals surface area contributed by atoms with E-state index in [1.54, 1.807) is 0 Å². The number of aliphatic hydroxyl groups is 1. The van der Waals surface area contributed by atoms with Gasteiger partial charge in [-0.3, -0.25) is 37.3 Å². The Hall–Kier alpha value is -1.94. The molecule has 0 saturated carbocycles. The fourth-order valence-corrected chi connectivity index (χ4v) is 13.5. The molecule has 0 aliphatic heterocycles. The minimum absolute atomic E-state index is 0.105. The number of phosphoric ester groups is 2. The Kier molecular flexibility index (Phi) is 65.9. The molecule has 0 amide bonds. The zero-order valence-corrected chi connectivity index (χ0v) is 65.5. The van der Waals surface area contributed by atoms with Gasteiger partial charge in [0.25, 0.3) is 0 Å². The fraction of sp³-hybridized carbons (Fsp3) is 0.949. The average Bonchev–Trinajstić information content (AvgIpc) is 1.31. The predicted molar refractivity (Wildman–Crippen MR) is 395 cm³/mol. The molecule has 5 atom stereocenters. The SMILES string of the molecule is CC(C)CCCCCCCCCCCCCCCCCC(=O)OC[C@H](COP(=O)(O)OCC(O)COP(=O)(O)OC[C@@H](COC(=O)CCCCCCCCCC(C)C)OC(=O)CCCCCCCCCCCCCC(C)C)OC(=O)CCCCCCCCCCCCCCC(C)C. The molecule has 0 heterocycles. The molecule has 0 aliphatic carbocycles. The highest BCUT2D eigenvalue weighted by Crippen LogP contribution is 2.45. The van der Waals surface area contributed by atoms with Crippen LogP contribution in [0.2, 0.25) is 0 Å². The summed E-state index contributed by atoms with van der Waals surface area (Å²) < 4.78 is 68.6. The van der Waals surface area contributed by atoms with Crippen LogP contribution in [0.4, 0.5) is 0 Å². The van der Waals surface area contributed by atoms with Crippen LogP contribution in [-0.4, -0.2) is 96.7 Å². The monoisotopic (exact) mass is 1420 g/mol. The third-order valence-electron chi connectivity index (χ3n) is 18.1. The van der Waals surface area contributed by atoms with Gasteiger partial charge in [0.2, 0.25) is 0 Å². The molecule has 17 nitrogen and oxygen atoms in total. The van der Waals surface area contributed by atoms with E-state index in [2.05, 4.69) is 55.4 Å². The van der Waals surface area contributed by atoms with Crippen molar-refractivity contribution in [3.05, 3.63) is 0 Å². The lowest BCUT2D eigenvalue weighted by Gasteiger charge is -2.21. The molecular weight excluding hydrogens is 1270 g/mol. The van der Waals surface area contributed by atoms with Crippen LogP contribution in [0.1, 0.15) is 396 Å². The van der Waals surface area contributed by atoms with E-state index in [0.717, 1.165) is 114 Å². The first-order valence-corrected chi connectivity index (χ1v) is 43.2. The van der Waals surface area contributed by atoms with Crippen molar-refractivity contribution < 1.29 is 80.2 Å². The molecule has 576 valence electrons. The molecule has 0 rings (SSSR count). The summed E-state index contributed by atoms with van der Waals surface area (Å²) in [4.78, 5) is 72.9. The van der Waals surface area contributed by atoms with Crippen LogP contribution in [0, 0.1) is 23.7 Å². The van der Waals surface area contributed by atoms with Crippen molar-refractivity contribution in [2.45, 2.75) is 414 Å². The minimum Gasteiger partial charge on any atom is -0.462 e. The summed E-state index contributed by atoms with van der Waals surface area (Å²) in [5.41, 5.74) is 0. The van der Waals surface area contributed by atoms with Gasteiger partial charge in [0, 0.05) is 25.7 Å². The van der Waals surface area contributed by atoms with E-state index in [-0.39, 0.29) is 25.7 Å². The zero-order chi connectivity index (χ0) is 71.7. The van der Waals surface area contributed by atoms with Crippen LogP contribution in [-0.2, 0) is 65.4 Å². The molecular formula is C78H152O17P2. The summed E-state index contributed by atoms with van der Waals surface area (Å²) in [5, 5.41) is 10.6. The van der Waals surface area contributed by atoms with Crippen molar-refractivity contribution in [3.63, 3.8) is 0 Å². The van der Waals surface area contributed by atoms with Crippen LogP contribution in [0.15, 0.2) is 0 Å². The number of phosphoric acid groups is 2. The molecule has 0 fully saturated rings. The molecule has 97 heavy (non-hydrogen) atoms. The van der Waals surface area contributed by atoms with Crippen LogP contribution >= 0.6 is 15.6 Å². The third kappa shape index (κ3) is 72.2. The Morgan fingerprint density at radius 2 is 0.433 bits per heavy atom. The van der Waals surface area contributed by atoms with Crippen LogP contribution < -0.4 is 0 Å². The van der Waals surface area contributed by atoms with Gasteiger partial charge in [0.15, 0.2) is 12.2 Å². The second-order valence-electron chi connectivity index (χ2n) is 30.0. The second-order valence-corrected chi connectivity index (χ2v) is 32.9. The third-order valence-corrected chi connectivity index (χ3v) is 20.0. The maximum atomic E-state index is 13.1. The largest absolute Gasteiger partial charge is 0.472 e. The highest BCUT2D eigenvalue weighted by molar-refractivity contribution is 7.47. The first-order valence-electron chi connectivity index (χ1n) is 40.2. The molecule has 3 unspecified atom stereocenters. The van der Waals surface area contributed by atoms with E-state index < -0.39 is 97.5 Å². The number of carbonyl (C=O) groups excluding carboxylic acids is 4. The van der Waals surface area contributed by atoms with Crippen LogP contribution in [0.25, 0.3) is 0 Å². The molecule has 0 spiro atoms. The normalized spacial score (nSPS) is 14.1. The Balaban J connectivity index is 5.24. The van der Waals surface area contributed by atoms with Gasteiger partial charge in [0.05, 0.1) is 26.4 Å². The van der Waals surface area contributed by atoms with E-state index in [1.165, 1.54) is 193 Å². The predicted octanol–water partition coefficient (Wildman–Crippen LogP) is 22.8. The van der Waals surface area contributed by atoms with Crippen molar-refractivity contribution in [3.8, 4) is 0 Å². The van der Waals surface area contributed by atoms with Gasteiger partial charge < -0.3 is 33.8 Å². The molecule has 3 N–H and O–H groups in total. The summed E-state index contributed by atoms with van der Waals surface area (Å²) in [6, 6.07) is 0. The highest BCUT2D eigenvalue weighted by Gasteiger charge is 2.30. The van der Waals surface area contributed by atoms with E-state index in [1.807, 2.05) is 0 Å². The molecule has 0 bridgehead atoms. The van der Waals surface area contributed by atoms with E-state index in [0.29, 0.717) is 31.6 Å². The first-order chi connectivity index (χ1) is 46.6. The topological polar surface area (TPSA) is 237 Å². The van der Waals surface area contributed by atoms with Crippen molar-refractivity contribution >= 4 is 39.5 Å². The molecule has 0 aromatic heterocycles. The van der Waals surface area contributed by atoms with Gasteiger partial charge in [-0.2, -0.15) is 0 Å². The van der Waals surface area contributed by atoms with E-state index in [4.69, 9.17) is 37.0 Å². The zero-order valence-electron chi connectivity index (χ0n) is 63.7. The Morgan fingerprint density at radius 1 is 0.258 bits per heavy atom. The number of rotatable bonds is 75. The number of hydrogen-bond acceptors (Lipinski definition) is 15. The summed E-state index contributed by atoms with van der Waals surface area (Å²) in [6.45, 7) is 14.2. The van der Waals surface area contributed by atoms with Gasteiger partial charge in [0.1, 0.15) is 19.3 Å². The number of ether oxygens (including phenoxy) is 4. The number of carbonyl (C=O) groups is 4. The van der Waals surface area contributed by atoms with Crippen LogP contribution in [0.3, 0.4) is 0 Å². The lowest BCUT2D eigenvalue weighted by atomic mass is 10.0. The first kappa shape index (κ1) is 95.1. The molecule has 0 aromatic carbocycles. The lowest BCUT2D eigenvalue weighted by molar-refractivity contribution is -0.161. The quantitative estimate of drug-likeness (QED) is 0.0222. The van der Waals surface area contributed by atoms with Gasteiger partial charge in [-0.15, -0.1) is 0 Å². The molecule has 0 aromatic rings. The number of esters is 4. The van der Waals surface area contributed by atoms with Gasteiger partial charge in [-0.05, 0) is 49.4 Å². The lowest BCUT2D eigenvalue weighted by Crippen LogP contribution is -2.30. The minimum atomic E-state index is -4.96. The van der Waals surface area contributed by atoms with Gasteiger partial charge in [-0.25, -0.2) is 9.13 Å². The average molecular weight is 1420 g/mol. The smallest absolute Gasteiger partial charge is 0.462 e. The number of aliphatic hydroxyl groups excluding tert-OH is 1. The number of hydrogen-bond donors (Lipinski definition) is 3. The Labute approximate surface area is 594 Å². The summed E-state index contributed by atoms with van der Waals surface area (Å²) in [6.07, 6.45) is 52.8. The van der Waals surface area contributed by atoms with Crippen molar-refractivity contribution in [1.82, 2.24) is 0 Å². The molecule has 0 radical (unpaired) electrons. The Bertz CT molecular complexity index is 1900. The maximum absolute atomic E-state index is 13.1. The maximum Gasteiger partial charge on any atom is 0.472 e. The molecule has 19 heteroatoms. The fourth-order valence-electron chi connectivity index (χ4n) is 11.9. The number of unbranched alkanes of at least 4 members (excludes halogenated alkanes) is 41. The van der Waals surface area contributed by atoms with Crippen LogP contribution in [0.5, 0.6) is 0 Å². The Morgan fingerprint density at radius 3 is 0.639 bits per heavy atom. The summed E-state index contributed by atoms with van der Waals surface area (Å²) >= 11 is 0. The standard InChI is InChI=1S/C78H152O17P2/c1-68(2)54-46-38-30-23-17-12-10-9-11-13-20-26-34-42-50-58-75(80)88-64-73(94-77(82)60-52-44-35-27-21-15-14-18-24-31-39-47-55-69(3)4)66-92-96(84,85)90-62-72(79)63-91-97(86,87)93-67-74(65-89-76(81)59-51-43-37-29-33-41-49-57-71(7)8)95-78(83)61-53-45-36-28-22-16-19-25-32-40-48-56-70(5)6/h68-74,79H,9-67H2,1-8H3,(H,84,85)(H,86,87)/t72?,73-,74-/m1/s1. The van der Waals surface area contributed by atoms with Crippen molar-refractivity contribution in [2.75, 3.05) is 39.6 Å². The summed E-state index contributed by atoms with van der Waals surface area (Å²) in [5.74, 6) is 0.935. The highest BCUT2D eigenvalue weighted by atomic mass is 31.2. The van der Waals surface area contributed by atoms with Crippen molar-refractivity contribution in [2.24, 2.45) is 23.7 Å². The molecule has 0 aliphatic rings. The summed E-state index contributed by atoms with van der Waals surface area (Å²) in [7, 11) is -9.92. The van der Waals surface area contributed by atoms with E-state index in [9.17, 15) is 43.2 Å². The molecule has 0 saturated heterocycles. The second kappa shape index (κ2) is 67.2. The van der Waals surface area contributed by atoms with Crippen molar-refractivity contribution in [1.29, 1.82) is 0 Å². The van der Waals surface area contributed by atoms with Gasteiger partial charge >= 0.3 is 39.5 Å². The van der Waals surface area contributed by atoms with E-state index >= 15 is 0 Å². The van der Waals surface area contributed by atoms with Gasteiger partial charge in [-0.1, -0.05) is 344 Å².